The van der Waals surface area contributed by atoms with Gasteiger partial charge in [0.25, 0.3) is 5.56 Å². The number of carbonyl (C=O) groups excluding carboxylic acids is 1. The fourth-order valence-electron chi connectivity index (χ4n) is 4.15. The maximum Gasteiger partial charge on any atom is 0.272 e. The van der Waals surface area contributed by atoms with Gasteiger partial charge in [0, 0.05) is 23.2 Å². The van der Waals surface area contributed by atoms with Gasteiger partial charge in [0.15, 0.2) is 5.16 Å². The zero-order valence-corrected chi connectivity index (χ0v) is 20.1. The molecule has 0 atom stereocenters. The fraction of sp³-hybridized carbons (Fsp3) is 0.192. The summed E-state index contributed by atoms with van der Waals surface area (Å²) < 4.78 is 1.66. The van der Waals surface area contributed by atoms with Crippen molar-refractivity contribution in [2.45, 2.75) is 30.3 Å². The topological polar surface area (TPSA) is 64.0 Å². The molecule has 4 aromatic rings. The summed E-state index contributed by atoms with van der Waals surface area (Å²) in [5.41, 5.74) is 4.51. The van der Waals surface area contributed by atoms with Gasteiger partial charge in [-0.3, -0.25) is 14.2 Å². The molecule has 2 heterocycles. The highest BCUT2D eigenvalue weighted by Crippen LogP contribution is 2.30. The molecule has 0 saturated carbocycles. The Morgan fingerprint density at radius 2 is 1.85 bits per heavy atom. The molecule has 0 radical (unpaired) electrons. The number of amides is 1. The van der Waals surface area contributed by atoms with Crippen molar-refractivity contribution >= 4 is 45.9 Å². The van der Waals surface area contributed by atoms with E-state index in [9.17, 15) is 9.59 Å². The zero-order chi connectivity index (χ0) is 22.9. The molecular weight excluding hydrogens is 450 g/mol. The van der Waals surface area contributed by atoms with Crippen LogP contribution in [0.15, 0.2) is 75.5 Å². The molecule has 1 amide bonds. The molecular formula is C26H23N3O2S2. The van der Waals surface area contributed by atoms with Crippen LogP contribution in [0.2, 0.25) is 0 Å². The van der Waals surface area contributed by atoms with Crippen molar-refractivity contribution in [2.75, 3.05) is 16.8 Å². The van der Waals surface area contributed by atoms with Crippen molar-refractivity contribution in [1.82, 2.24) is 9.55 Å². The average Bonchev–Trinajstić information content (AvgIpc) is 3.26. The minimum Gasteiger partial charge on any atom is -0.325 e. The highest BCUT2D eigenvalue weighted by Gasteiger charge is 2.23. The van der Waals surface area contributed by atoms with Crippen LogP contribution in [-0.4, -0.2) is 27.0 Å². The average molecular weight is 474 g/mol. The van der Waals surface area contributed by atoms with E-state index in [0.29, 0.717) is 5.16 Å². The van der Waals surface area contributed by atoms with Crippen molar-refractivity contribution in [3.63, 3.8) is 0 Å². The van der Waals surface area contributed by atoms with Crippen LogP contribution in [0.5, 0.6) is 0 Å². The summed E-state index contributed by atoms with van der Waals surface area (Å²) in [6.45, 7) is 4.03. The van der Waals surface area contributed by atoms with Crippen LogP contribution < -0.4 is 10.9 Å². The highest BCUT2D eigenvalue weighted by molar-refractivity contribution is 8.00. The van der Waals surface area contributed by atoms with Gasteiger partial charge in [0.1, 0.15) is 0 Å². The van der Waals surface area contributed by atoms with Gasteiger partial charge in [-0.2, -0.15) is 0 Å². The number of nitrogens with zero attached hydrogens (tertiary/aromatic N) is 2. The predicted octanol–water partition coefficient (Wildman–Crippen LogP) is 5.38. The summed E-state index contributed by atoms with van der Waals surface area (Å²) in [5, 5.41) is 5.65. The summed E-state index contributed by atoms with van der Waals surface area (Å²) in [7, 11) is 0. The van der Waals surface area contributed by atoms with Gasteiger partial charge in [-0.1, -0.05) is 54.2 Å². The molecule has 33 heavy (non-hydrogen) atoms. The van der Waals surface area contributed by atoms with Crippen molar-refractivity contribution in [2.24, 2.45) is 0 Å². The first-order chi connectivity index (χ1) is 16.0. The van der Waals surface area contributed by atoms with Crippen molar-refractivity contribution in [3.05, 3.63) is 87.8 Å². The molecule has 166 valence electrons. The molecule has 1 aliphatic rings. The second-order valence-corrected chi connectivity index (χ2v) is 10.2. The monoisotopic (exact) mass is 473 g/mol. The third-order valence-corrected chi connectivity index (χ3v) is 7.57. The van der Waals surface area contributed by atoms with Gasteiger partial charge in [-0.15, -0.1) is 11.8 Å². The number of nitrogens with one attached hydrogen (secondary N) is 1. The van der Waals surface area contributed by atoms with Crippen LogP contribution in [-0.2, 0) is 11.2 Å². The molecule has 1 aliphatic heterocycles. The van der Waals surface area contributed by atoms with E-state index in [1.54, 1.807) is 16.3 Å². The number of hydrogen-bond donors (Lipinski definition) is 1. The van der Waals surface area contributed by atoms with Gasteiger partial charge >= 0.3 is 0 Å². The molecule has 0 spiro atoms. The number of aryl methyl sites for hydroxylation is 3. The van der Waals surface area contributed by atoms with E-state index < -0.39 is 0 Å². The molecule has 5 nitrogen and oxygen atoms in total. The van der Waals surface area contributed by atoms with E-state index in [0.717, 1.165) is 56.0 Å². The zero-order valence-electron chi connectivity index (χ0n) is 18.4. The first kappa shape index (κ1) is 21.8. The lowest BCUT2D eigenvalue weighted by atomic mass is 10.1. The van der Waals surface area contributed by atoms with E-state index >= 15 is 0 Å². The third kappa shape index (κ3) is 4.43. The Bertz CT molecular complexity index is 1420. The number of anilines is 1. The maximum atomic E-state index is 13.4. The number of benzene rings is 3. The second-order valence-electron chi connectivity index (χ2n) is 8.12. The smallest absolute Gasteiger partial charge is 0.272 e. The normalized spacial score (nSPS) is 12.7. The molecule has 5 rings (SSSR count). The minimum absolute atomic E-state index is 0.0514. The molecule has 7 heteroatoms. The Kier molecular flexibility index (Phi) is 6.00. The van der Waals surface area contributed by atoms with Crippen LogP contribution >= 0.6 is 23.5 Å². The van der Waals surface area contributed by atoms with E-state index in [4.69, 9.17) is 4.98 Å². The van der Waals surface area contributed by atoms with E-state index in [-0.39, 0.29) is 17.2 Å². The summed E-state index contributed by atoms with van der Waals surface area (Å²) in [5.74, 6) is 0.888. The minimum atomic E-state index is -0.132. The summed E-state index contributed by atoms with van der Waals surface area (Å²) >= 11 is 2.86. The van der Waals surface area contributed by atoms with Gasteiger partial charge in [0.05, 0.1) is 22.0 Å². The number of hydrogen-bond acceptors (Lipinski definition) is 5. The lowest BCUT2D eigenvalue weighted by molar-refractivity contribution is -0.113. The first-order valence-electron chi connectivity index (χ1n) is 10.8. The van der Waals surface area contributed by atoms with Gasteiger partial charge < -0.3 is 5.32 Å². The molecule has 0 fully saturated rings. The van der Waals surface area contributed by atoms with E-state index in [1.165, 1.54) is 11.8 Å². The standard InChI is InChI=1S/C26H23N3O2S2/c1-16-12-17(2)14-19(13-16)29-25(31)24-22(10-11-32-24)28-26(29)33-15-23(30)27-21-9-5-7-18-6-3-4-8-20(18)21/h3-9,12-14H,10-11,15H2,1-2H3,(H,27,30). The molecule has 0 bridgehead atoms. The lowest BCUT2D eigenvalue weighted by Gasteiger charge is -2.15. The van der Waals surface area contributed by atoms with Crippen molar-refractivity contribution in [3.8, 4) is 5.69 Å². The summed E-state index contributed by atoms with van der Waals surface area (Å²) in [6, 6.07) is 19.9. The largest absolute Gasteiger partial charge is 0.325 e. The third-order valence-electron chi connectivity index (χ3n) is 5.53. The predicted molar refractivity (Wildman–Crippen MR) is 137 cm³/mol. The Balaban J connectivity index is 1.45. The maximum absolute atomic E-state index is 13.4. The Morgan fingerprint density at radius 1 is 1.09 bits per heavy atom. The fourth-order valence-corrected chi connectivity index (χ4v) is 6.00. The highest BCUT2D eigenvalue weighted by atomic mass is 32.2. The number of thioether (sulfide) groups is 2. The Labute approximate surface area is 200 Å². The molecule has 1 aromatic heterocycles. The first-order valence-corrected chi connectivity index (χ1v) is 12.7. The Hall–Kier alpha value is -3.03. The molecule has 0 saturated heterocycles. The SMILES string of the molecule is Cc1cc(C)cc(-n2c(SCC(=O)Nc3cccc4ccccc34)nc3c(c2=O)SCC3)c1. The van der Waals surface area contributed by atoms with Crippen LogP contribution in [0, 0.1) is 13.8 Å². The van der Waals surface area contributed by atoms with E-state index in [2.05, 4.69) is 11.4 Å². The summed E-state index contributed by atoms with van der Waals surface area (Å²) in [4.78, 5) is 31.8. The number of carbonyl (C=O) groups is 1. The lowest BCUT2D eigenvalue weighted by Crippen LogP contribution is -2.25. The van der Waals surface area contributed by atoms with Crippen LogP contribution in [0.25, 0.3) is 16.5 Å². The Morgan fingerprint density at radius 3 is 2.67 bits per heavy atom. The van der Waals surface area contributed by atoms with Crippen LogP contribution in [0.4, 0.5) is 5.69 Å². The quantitative estimate of drug-likeness (QED) is 0.311. The summed E-state index contributed by atoms with van der Waals surface area (Å²) in [6.07, 6.45) is 0.776. The molecule has 0 unspecified atom stereocenters. The number of fused-ring (bicyclic) bond motifs is 2. The van der Waals surface area contributed by atoms with Crippen LogP contribution in [0.3, 0.4) is 0 Å². The number of rotatable bonds is 5. The van der Waals surface area contributed by atoms with E-state index in [1.807, 2.05) is 68.4 Å². The van der Waals surface area contributed by atoms with Gasteiger partial charge in [-0.05, 0) is 48.6 Å². The number of aromatic nitrogens is 2. The second kappa shape index (κ2) is 9.08. The van der Waals surface area contributed by atoms with Crippen molar-refractivity contribution in [1.29, 1.82) is 0 Å². The molecule has 1 N–H and O–H groups in total. The van der Waals surface area contributed by atoms with Gasteiger partial charge in [0.2, 0.25) is 5.91 Å². The van der Waals surface area contributed by atoms with Crippen molar-refractivity contribution < 1.29 is 4.79 Å². The molecule has 3 aromatic carbocycles. The van der Waals surface area contributed by atoms with Gasteiger partial charge in [-0.25, -0.2) is 4.98 Å². The molecule has 0 aliphatic carbocycles. The van der Waals surface area contributed by atoms with Crippen LogP contribution in [0.1, 0.15) is 16.8 Å².